The van der Waals surface area contributed by atoms with Crippen LogP contribution in [0.25, 0.3) is 0 Å². The number of hydrogen-bond donors (Lipinski definition) is 2. The van der Waals surface area contributed by atoms with Crippen LogP contribution in [0, 0.1) is 5.92 Å². The number of ether oxygens (including phenoxy) is 3. The molecule has 0 saturated heterocycles. The number of nitrogens with zero attached hydrogens (tertiary/aromatic N) is 3. The number of rotatable bonds is 9. The van der Waals surface area contributed by atoms with Crippen LogP contribution >= 0.6 is 0 Å². The van der Waals surface area contributed by atoms with Gasteiger partial charge in [0.25, 0.3) is 5.91 Å². The second-order valence-corrected chi connectivity index (χ2v) is 7.71. The smallest absolute Gasteiger partial charge is 0.351 e. The highest BCUT2D eigenvalue weighted by Crippen LogP contribution is 2.41. The van der Waals surface area contributed by atoms with E-state index in [-0.39, 0.29) is 25.6 Å². The van der Waals surface area contributed by atoms with Gasteiger partial charge in [-0.1, -0.05) is 13.0 Å². The van der Waals surface area contributed by atoms with E-state index < -0.39 is 29.4 Å². The molecule has 11 nitrogen and oxygen atoms in total. The van der Waals surface area contributed by atoms with Gasteiger partial charge in [0, 0.05) is 29.9 Å². The average Bonchev–Trinajstić information content (AvgIpc) is 2.81. The zero-order valence-corrected chi connectivity index (χ0v) is 19.9. The Bertz CT molecular complexity index is 1160. The van der Waals surface area contributed by atoms with Gasteiger partial charge < -0.3 is 14.2 Å². The first kappa shape index (κ1) is 24.9. The van der Waals surface area contributed by atoms with Crippen molar-refractivity contribution in [3.8, 4) is 5.75 Å². The molecule has 3 rings (SSSR count). The standard InChI is InChI=1S/C23H29N5O6/c1-6-34-22(30)17-13(2)18-19(26-27-21(29)15-8-7-9-16(12-15)33-5)25-23(31)28(10-11-32-4)20(18)24-14(17)3/h7-9,12-13,17H,6,10-11H2,1-5H3,(H,27,29)(H,25,26,31). The first-order valence-corrected chi connectivity index (χ1v) is 10.9. The Kier molecular flexibility index (Phi) is 8.00. The number of hydrogen-bond acceptors (Lipinski definition) is 9. The van der Waals surface area contributed by atoms with Crippen LogP contribution in [0.1, 0.15) is 42.6 Å². The molecule has 34 heavy (non-hydrogen) atoms. The highest BCUT2D eigenvalue weighted by molar-refractivity contribution is 6.04. The molecule has 0 fully saturated rings. The Labute approximate surface area is 197 Å². The summed E-state index contributed by atoms with van der Waals surface area (Å²) in [7, 11) is 3.04. The molecular weight excluding hydrogens is 442 g/mol. The van der Waals surface area contributed by atoms with Crippen molar-refractivity contribution in [2.45, 2.75) is 33.2 Å². The van der Waals surface area contributed by atoms with Crippen LogP contribution in [0.4, 0.5) is 11.6 Å². The number of carbonyl (C=O) groups is 2. The first-order valence-electron chi connectivity index (χ1n) is 10.9. The lowest BCUT2D eigenvalue weighted by Crippen LogP contribution is -2.38. The Morgan fingerprint density at radius 2 is 2.00 bits per heavy atom. The van der Waals surface area contributed by atoms with E-state index in [2.05, 4.69) is 20.8 Å². The van der Waals surface area contributed by atoms with Crippen molar-refractivity contribution >= 4 is 29.2 Å². The number of benzene rings is 1. The van der Waals surface area contributed by atoms with E-state index in [1.807, 2.05) is 6.92 Å². The third kappa shape index (κ3) is 5.09. The quantitative estimate of drug-likeness (QED) is 0.419. The topological polar surface area (TPSA) is 133 Å². The Balaban J connectivity index is 2.01. The van der Waals surface area contributed by atoms with E-state index >= 15 is 0 Å². The molecular formula is C23H29N5O6. The number of anilines is 1. The summed E-state index contributed by atoms with van der Waals surface area (Å²) in [6.07, 6.45) is 0. The number of aromatic nitrogens is 2. The zero-order valence-electron chi connectivity index (χ0n) is 19.9. The number of methoxy groups -OCH3 is 2. The lowest BCUT2D eigenvalue weighted by Gasteiger charge is -2.30. The summed E-state index contributed by atoms with van der Waals surface area (Å²) < 4.78 is 16.9. The summed E-state index contributed by atoms with van der Waals surface area (Å²) in [5.74, 6) is -0.948. The van der Waals surface area contributed by atoms with Gasteiger partial charge in [-0.3, -0.25) is 25.0 Å². The molecule has 1 aromatic heterocycles. The normalized spacial score (nSPS) is 16.8. The molecule has 1 amide bonds. The Hall–Kier alpha value is -3.73. The molecule has 2 heterocycles. The lowest BCUT2D eigenvalue weighted by molar-refractivity contribution is -0.146. The number of esters is 1. The number of nitrogens with one attached hydrogen (secondary N) is 2. The SMILES string of the molecule is CCOC(=O)C1C(C)=Nc2c(c(NNC(=O)c3cccc(OC)c3)nc(=O)n2CCOC)C1C. The third-order valence-electron chi connectivity index (χ3n) is 5.56. The number of carbonyl (C=O) groups excluding carboxylic acids is 2. The molecule has 2 unspecified atom stereocenters. The van der Waals surface area contributed by atoms with Gasteiger partial charge in [-0.25, -0.2) is 9.79 Å². The predicted molar refractivity (Wildman–Crippen MR) is 126 cm³/mol. The maximum Gasteiger partial charge on any atom is 0.351 e. The van der Waals surface area contributed by atoms with Gasteiger partial charge >= 0.3 is 11.7 Å². The number of hydrazine groups is 1. The molecule has 0 spiro atoms. The third-order valence-corrected chi connectivity index (χ3v) is 5.56. The minimum atomic E-state index is -0.655. The van der Waals surface area contributed by atoms with Crippen molar-refractivity contribution in [1.29, 1.82) is 0 Å². The second-order valence-electron chi connectivity index (χ2n) is 7.71. The van der Waals surface area contributed by atoms with Gasteiger partial charge in [0.15, 0.2) is 5.82 Å². The fourth-order valence-corrected chi connectivity index (χ4v) is 3.90. The number of amides is 1. The maximum absolute atomic E-state index is 12.8. The molecule has 0 saturated carbocycles. The molecule has 2 aromatic rings. The van der Waals surface area contributed by atoms with Gasteiger partial charge in [-0.05, 0) is 32.0 Å². The van der Waals surface area contributed by atoms with Crippen LogP contribution in [0.15, 0.2) is 34.1 Å². The van der Waals surface area contributed by atoms with E-state index in [1.165, 1.54) is 18.8 Å². The van der Waals surface area contributed by atoms with Crippen LogP contribution in [0.2, 0.25) is 0 Å². The van der Waals surface area contributed by atoms with Crippen molar-refractivity contribution in [3.63, 3.8) is 0 Å². The fraction of sp³-hybridized carbons (Fsp3) is 0.435. The van der Waals surface area contributed by atoms with Gasteiger partial charge in [0.05, 0.1) is 26.9 Å². The van der Waals surface area contributed by atoms with Crippen LogP contribution in [0.3, 0.4) is 0 Å². The molecule has 1 aromatic carbocycles. The molecule has 2 atom stereocenters. The molecule has 11 heteroatoms. The maximum atomic E-state index is 12.8. The Morgan fingerprint density at radius 1 is 1.24 bits per heavy atom. The molecule has 2 N–H and O–H groups in total. The molecule has 0 aliphatic carbocycles. The minimum Gasteiger partial charge on any atom is -0.497 e. The highest BCUT2D eigenvalue weighted by Gasteiger charge is 2.38. The molecule has 1 aliphatic heterocycles. The van der Waals surface area contributed by atoms with Gasteiger partial charge in [0.1, 0.15) is 17.5 Å². The van der Waals surface area contributed by atoms with Crippen LogP contribution in [-0.2, 0) is 20.8 Å². The number of aliphatic imine (C=N–C) groups is 1. The van der Waals surface area contributed by atoms with Crippen LogP contribution in [0.5, 0.6) is 5.75 Å². The second kappa shape index (κ2) is 10.9. The predicted octanol–water partition coefficient (Wildman–Crippen LogP) is 2.04. The first-order chi connectivity index (χ1) is 16.3. The van der Waals surface area contributed by atoms with Crippen LogP contribution in [-0.4, -0.2) is 54.6 Å². The van der Waals surface area contributed by atoms with Crippen molar-refractivity contribution in [3.05, 3.63) is 45.9 Å². The van der Waals surface area contributed by atoms with Crippen molar-refractivity contribution in [2.24, 2.45) is 10.9 Å². The zero-order chi connectivity index (χ0) is 24.8. The monoisotopic (exact) mass is 471 g/mol. The summed E-state index contributed by atoms with van der Waals surface area (Å²) in [4.78, 5) is 46.9. The minimum absolute atomic E-state index is 0.114. The number of fused-ring (bicyclic) bond motifs is 1. The van der Waals surface area contributed by atoms with Crippen LogP contribution < -0.4 is 21.3 Å². The fourth-order valence-electron chi connectivity index (χ4n) is 3.90. The Morgan fingerprint density at radius 3 is 2.68 bits per heavy atom. The summed E-state index contributed by atoms with van der Waals surface area (Å²) >= 11 is 0. The van der Waals surface area contributed by atoms with E-state index in [4.69, 9.17) is 14.2 Å². The lowest BCUT2D eigenvalue weighted by atomic mass is 9.82. The van der Waals surface area contributed by atoms with E-state index in [9.17, 15) is 14.4 Å². The summed E-state index contributed by atoms with van der Waals surface area (Å²) in [6.45, 7) is 6.03. The summed E-state index contributed by atoms with van der Waals surface area (Å²) in [5.41, 5.74) is 6.15. The largest absolute Gasteiger partial charge is 0.497 e. The van der Waals surface area contributed by atoms with E-state index in [0.717, 1.165) is 0 Å². The van der Waals surface area contributed by atoms with Crippen molar-refractivity contribution in [2.75, 3.05) is 32.9 Å². The van der Waals surface area contributed by atoms with E-state index in [1.54, 1.807) is 38.1 Å². The van der Waals surface area contributed by atoms with Crippen molar-refractivity contribution < 1.29 is 23.8 Å². The van der Waals surface area contributed by atoms with E-state index in [0.29, 0.717) is 28.4 Å². The van der Waals surface area contributed by atoms with Gasteiger partial charge in [-0.2, -0.15) is 4.98 Å². The van der Waals surface area contributed by atoms with Crippen molar-refractivity contribution in [1.82, 2.24) is 15.0 Å². The molecule has 0 radical (unpaired) electrons. The summed E-state index contributed by atoms with van der Waals surface area (Å²) in [5, 5.41) is 0. The molecule has 182 valence electrons. The molecule has 0 bridgehead atoms. The molecule has 1 aliphatic rings. The van der Waals surface area contributed by atoms with Gasteiger partial charge in [0.2, 0.25) is 0 Å². The van der Waals surface area contributed by atoms with Gasteiger partial charge in [-0.15, -0.1) is 0 Å². The average molecular weight is 472 g/mol. The summed E-state index contributed by atoms with van der Waals surface area (Å²) in [6, 6.07) is 6.61. The highest BCUT2D eigenvalue weighted by atomic mass is 16.5.